The van der Waals surface area contributed by atoms with Gasteiger partial charge in [0.1, 0.15) is 24.7 Å². The van der Waals surface area contributed by atoms with Crippen LogP contribution >= 0.6 is 0 Å². The summed E-state index contributed by atoms with van der Waals surface area (Å²) < 4.78 is 17.8. The topological polar surface area (TPSA) is 95.8 Å². The summed E-state index contributed by atoms with van der Waals surface area (Å²) >= 11 is 0. The van der Waals surface area contributed by atoms with Gasteiger partial charge < -0.3 is 20.5 Å². The minimum absolute atomic E-state index is 0.0267. The van der Waals surface area contributed by atoms with Crippen LogP contribution in [0.1, 0.15) is 41.4 Å². The first-order valence-corrected chi connectivity index (χ1v) is 10.3. The van der Waals surface area contributed by atoms with Crippen molar-refractivity contribution in [2.45, 2.75) is 32.4 Å². The summed E-state index contributed by atoms with van der Waals surface area (Å²) in [6.45, 7) is 1.45. The number of aliphatic imine (C=N–C) groups is 1. The molecule has 1 unspecified atom stereocenters. The number of carbonyl (C=O) groups excluding carboxylic acids is 1. The number of carbonyl (C=O) groups is 1. The molecule has 0 saturated heterocycles. The maximum Gasteiger partial charge on any atom is 0.270 e. The second-order valence-corrected chi connectivity index (χ2v) is 7.14. The van der Waals surface area contributed by atoms with E-state index in [0.717, 1.165) is 29.5 Å². The standard InChI is InChI=1S/C23H31FN4O3/c1-16(15-29)28-23(30)22-21(14-26-3)20(9-11-27-22)19(17-7-8-17)6-4-5-18(13-25-2)31-12-10-24/h4-6,9,11,13,16,26,29H,7-8,10,12,14-15H2,1-3H3,(H,28,30)/b6-4+,18-5+,25-13?. The van der Waals surface area contributed by atoms with Gasteiger partial charge in [-0.1, -0.05) is 17.7 Å². The number of aliphatic hydroxyl groups excluding tert-OH is 1. The Morgan fingerprint density at radius 3 is 2.84 bits per heavy atom. The van der Waals surface area contributed by atoms with Crippen molar-refractivity contribution in [2.24, 2.45) is 4.99 Å². The highest BCUT2D eigenvalue weighted by atomic mass is 19.1. The summed E-state index contributed by atoms with van der Waals surface area (Å²) in [4.78, 5) is 21.0. The van der Waals surface area contributed by atoms with Gasteiger partial charge in [0, 0.05) is 31.4 Å². The zero-order valence-electron chi connectivity index (χ0n) is 18.3. The molecule has 1 heterocycles. The molecule has 1 fully saturated rings. The molecule has 7 nitrogen and oxygen atoms in total. The lowest BCUT2D eigenvalue weighted by Gasteiger charge is -2.16. The molecular weight excluding hydrogens is 399 g/mol. The molecule has 0 aromatic carbocycles. The fourth-order valence-corrected chi connectivity index (χ4v) is 3.02. The quantitative estimate of drug-likeness (QED) is 0.269. The van der Waals surface area contributed by atoms with E-state index < -0.39 is 6.67 Å². The zero-order valence-corrected chi connectivity index (χ0v) is 18.3. The number of hydrogen-bond donors (Lipinski definition) is 3. The molecule has 0 aliphatic heterocycles. The van der Waals surface area contributed by atoms with Crippen LogP contribution in [-0.4, -0.2) is 62.2 Å². The van der Waals surface area contributed by atoms with E-state index in [-0.39, 0.29) is 25.2 Å². The molecule has 1 saturated carbocycles. The monoisotopic (exact) mass is 430 g/mol. The number of alkyl halides is 1. The molecule has 3 N–H and O–H groups in total. The number of ether oxygens (including phenoxy) is 1. The van der Waals surface area contributed by atoms with Gasteiger partial charge in [-0.25, -0.2) is 4.39 Å². The Balaban J connectivity index is 2.40. The molecule has 168 valence electrons. The lowest BCUT2D eigenvalue weighted by Crippen LogP contribution is -2.36. The normalized spacial score (nSPS) is 14.9. The highest BCUT2D eigenvalue weighted by Crippen LogP contribution is 2.38. The van der Waals surface area contributed by atoms with Crippen molar-refractivity contribution < 1.29 is 19.0 Å². The average Bonchev–Trinajstić information content (AvgIpc) is 3.60. The predicted molar refractivity (Wildman–Crippen MR) is 121 cm³/mol. The molecule has 8 heteroatoms. The van der Waals surface area contributed by atoms with Crippen molar-refractivity contribution in [1.29, 1.82) is 0 Å². The predicted octanol–water partition coefficient (Wildman–Crippen LogP) is 2.59. The zero-order chi connectivity index (χ0) is 22.6. The summed E-state index contributed by atoms with van der Waals surface area (Å²) in [6, 6.07) is 1.54. The number of amides is 1. The van der Waals surface area contributed by atoms with Gasteiger partial charge in [-0.05, 0) is 50.1 Å². The minimum Gasteiger partial charge on any atom is -0.489 e. The van der Waals surface area contributed by atoms with E-state index >= 15 is 0 Å². The summed E-state index contributed by atoms with van der Waals surface area (Å²) in [5.41, 5.74) is 4.38. The highest BCUT2D eigenvalue weighted by molar-refractivity contribution is 5.96. The van der Waals surface area contributed by atoms with Gasteiger partial charge in [-0.15, -0.1) is 0 Å². The summed E-state index contributed by atoms with van der Waals surface area (Å²) in [6.07, 6.45) is 10.7. The lowest BCUT2D eigenvalue weighted by atomic mass is 9.97. The smallest absolute Gasteiger partial charge is 0.270 e. The van der Waals surface area contributed by atoms with Crippen LogP contribution in [0.25, 0.3) is 5.57 Å². The first-order valence-electron chi connectivity index (χ1n) is 10.3. The Bertz CT molecular complexity index is 872. The van der Waals surface area contributed by atoms with E-state index in [1.807, 2.05) is 25.3 Å². The van der Waals surface area contributed by atoms with Crippen molar-refractivity contribution in [2.75, 3.05) is 34.0 Å². The van der Waals surface area contributed by atoms with Gasteiger partial charge in [0.2, 0.25) is 0 Å². The first-order chi connectivity index (χ1) is 15.0. The van der Waals surface area contributed by atoms with E-state index in [1.165, 1.54) is 11.8 Å². The Kier molecular flexibility index (Phi) is 10.1. The van der Waals surface area contributed by atoms with Gasteiger partial charge >= 0.3 is 0 Å². The molecule has 1 aliphatic carbocycles. The number of halogens is 1. The van der Waals surface area contributed by atoms with Crippen LogP contribution in [0.2, 0.25) is 0 Å². The Hall–Kier alpha value is -2.84. The number of allylic oxidation sites excluding steroid dienone is 6. The van der Waals surface area contributed by atoms with Crippen molar-refractivity contribution in [3.8, 4) is 0 Å². The SMILES string of the molecule is CN=C/C(=C\C=C\C(=C1CC1)c1ccnc(C(=O)NC(C)CO)c1CNC)OCCF. The Morgan fingerprint density at radius 2 is 2.23 bits per heavy atom. The van der Waals surface area contributed by atoms with Crippen LogP contribution in [0.5, 0.6) is 0 Å². The molecule has 0 spiro atoms. The third kappa shape index (κ3) is 7.41. The van der Waals surface area contributed by atoms with Gasteiger partial charge in [0.15, 0.2) is 0 Å². The second-order valence-electron chi connectivity index (χ2n) is 7.14. The molecule has 1 aromatic rings. The third-order valence-electron chi connectivity index (χ3n) is 4.57. The molecular formula is C23H31FN4O3. The van der Waals surface area contributed by atoms with Crippen LogP contribution < -0.4 is 10.6 Å². The Labute approximate surface area is 182 Å². The van der Waals surface area contributed by atoms with Crippen LogP contribution in [-0.2, 0) is 11.3 Å². The maximum absolute atomic E-state index is 12.7. The largest absolute Gasteiger partial charge is 0.489 e. The van der Waals surface area contributed by atoms with Crippen LogP contribution in [0.15, 0.2) is 46.8 Å². The number of nitrogens with zero attached hydrogens (tertiary/aromatic N) is 2. The van der Waals surface area contributed by atoms with Crippen LogP contribution in [0, 0.1) is 0 Å². The summed E-state index contributed by atoms with van der Waals surface area (Å²) in [5.74, 6) is 0.151. The van der Waals surface area contributed by atoms with E-state index in [4.69, 9.17) is 4.74 Å². The number of nitrogens with one attached hydrogen (secondary N) is 2. The number of hydrogen-bond acceptors (Lipinski definition) is 6. The average molecular weight is 431 g/mol. The third-order valence-corrected chi connectivity index (χ3v) is 4.57. The molecule has 0 radical (unpaired) electrons. The van der Waals surface area contributed by atoms with Gasteiger partial charge in [0.05, 0.1) is 12.8 Å². The fourth-order valence-electron chi connectivity index (χ4n) is 3.02. The fraction of sp³-hybridized carbons (Fsp3) is 0.435. The Morgan fingerprint density at radius 1 is 1.45 bits per heavy atom. The maximum atomic E-state index is 12.7. The lowest BCUT2D eigenvalue weighted by molar-refractivity contribution is 0.0916. The molecule has 31 heavy (non-hydrogen) atoms. The number of rotatable bonds is 12. The number of aromatic nitrogens is 1. The van der Waals surface area contributed by atoms with E-state index in [2.05, 4.69) is 20.6 Å². The molecule has 0 bridgehead atoms. The van der Waals surface area contributed by atoms with Crippen LogP contribution in [0.3, 0.4) is 0 Å². The molecule has 1 amide bonds. The molecule has 1 aliphatic rings. The summed E-state index contributed by atoms with van der Waals surface area (Å²) in [5, 5.41) is 15.1. The molecule has 2 rings (SSSR count). The van der Waals surface area contributed by atoms with Gasteiger partial charge in [0.25, 0.3) is 5.91 Å². The molecule has 1 aromatic heterocycles. The van der Waals surface area contributed by atoms with Crippen molar-refractivity contribution in [1.82, 2.24) is 15.6 Å². The molecule has 1 atom stereocenters. The minimum atomic E-state index is -0.571. The number of aliphatic hydroxyl groups is 1. The first kappa shape index (κ1) is 24.4. The van der Waals surface area contributed by atoms with Gasteiger partial charge in [-0.3, -0.25) is 14.8 Å². The van der Waals surface area contributed by atoms with Crippen molar-refractivity contribution in [3.05, 3.63) is 58.6 Å². The summed E-state index contributed by atoms with van der Waals surface area (Å²) in [7, 11) is 3.44. The van der Waals surface area contributed by atoms with Crippen molar-refractivity contribution >= 4 is 17.7 Å². The van der Waals surface area contributed by atoms with Crippen LogP contribution in [0.4, 0.5) is 4.39 Å². The van der Waals surface area contributed by atoms with Gasteiger partial charge in [-0.2, -0.15) is 0 Å². The van der Waals surface area contributed by atoms with Crippen molar-refractivity contribution in [3.63, 3.8) is 0 Å². The second kappa shape index (κ2) is 12.8. The van der Waals surface area contributed by atoms with E-state index in [0.29, 0.717) is 18.0 Å². The van der Waals surface area contributed by atoms with E-state index in [1.54, 1.807) is 26.2 Å². The van der Waals surface area contributed by atoms with E-state index in [9.17, 15) is 14.3 Å². The highest BCUT2D eigenvalue weighted by Gasteiger charge is 2.23. The number of pyridine rings is 1.